The molecule has 1 aliphatic heterocycles. The first-order chi connectivity index (χ1) is 5.79. The van der Waals surface area contributed by atoms with Gasteiger partial charge in [0.1, 0.15) is 0 Å². The van der Waals surface area contributed by atoms with Crippen LogP contribution in [0.1, 0.15) is 32.1 Å². The van der Waals surface area contributed by atoms with Gasteiger partial charge in [0.2, 0.25) is 0 Å². The minimum Gasteiger partial charge on any atom is -0.393 e. The van der Waals surface area contributed by atoms with Crippen molar-refractivity contribution in [1.82, 2.24) is 4.90 Å². The van der Waals surface area contributed by atoms with Gasteiger partial charge in [-0.15, -0.1) is 0 Å². The van der Waals surface area contributed by atoms with Crippen LogP contribution in [0.4, 0.5) is 0 Å². The Bertz CT molecular complexity index is 142. The van der Waals surface area contributed by atoms with Gasteiger partial charge in [-0.25, -0.2) is 0 Å². The number of aliphatic hydroxyl groups excluding tert-OH is 1. The van der Waals surface area contributed by atoms with Gasteiger partial charge in [0.15, 0.2) is 0 Å². The second-order valence-corrected chi connectivity index (χ2v) is 4.35. The molecular formula is C10H19NO. The highest BCUT2D eigenvalue weighted by atomic mass is 16.3. The molecule has 0 spiro atoms. The number of hydrogen-bond acceptors (Lipinski definition) is 2. The van der Waals surface area contributed by atoms with Crippen LogP contribution in [0.5, 0.6) is 0 Å². The van der Waals surface area contributed by atoms with E-state index in [-0.39, 0.29) is 6.10 Å². The summed E-state index contributed by atoms with van der Waals surface area (Å²) in [4.78, 5) is 2.44. The number of aliphatic hydroxyl groups is 1. The van der Waals surface area contributed by atoms with Crippen molar-refractivity contribution in [3.05, 3.63) is 0 Å². The summed E-state index contributed by atoms with van der Waals surface area (Å²) in [5.41, 5.74) is 0. The van der Waals surface area contributed by atoms with E-state index in [1.165, 1.54) is 25.7 Å². The monoisotopic (exact) mass is 169 g/mol. The van der Waals surface area contributed by atoms with E-state index in [0.29, 0.717) is 12.0 Å². The van der Waals surface area contributed by atoms with Gasteiger partial charge in [0, 0.05) is 18.5 Å². The van der Waals surface area contributed by atoms with Gasteiger partial charge in [-0.05, 0) is 26.3 Å². The molecule has 1 saturated heterocycles. The van der Waals surface area contributed by atoms with E-state index in [2.05, 4.69) is 11.9 Å². The van der Waals surface area contributed by atoms with Gasteiger partial charge in [0.05, 0.1) is 6.10 Å². The van der Waals surface area contributed by atoms with Crippen LogP contribution in [0.2, 0.25) is 0 Å². The first kappa shape index (κ1) is 8.52. The molecule has 2 fully saturated rings. The summed E-state index contributed by atoms with van der Waals surface area (Å²) in [6.07, 6.45) is 6.21. The highest BCUT2D eigenvalue weighted by Crippen LogP contribution is 2.34. The molecule has 1 N–H and O–H groups in total. The van der Waals surface area contributed by atoms with E-state index in [0.717, 1.165) is 13.0 Å². The zero-order valence-electron chi connectivity index (χ0n) is 7.87. The number of piperidine rings is 1. The molecule has 70 valence electrons. The molecule has 0 aromatic rings. The molecule has 1 heterocycles. The van der Waals surface area contributed by atoms with Gasteiger partial charge < -0.3 is 10.0 Å². The summed E-state index contributed by atoms with van der Waals surface area (Å²) >= 11 is 0. The molecule has 1 aliphatic carbocycles. The van der Waals surface area contributed by atoms with Crippen LogP contribution in [0.15, 0.2) is 0 Å². The molecule has 0 radical (unpaired) electrons. The molecule has 12 heavy (non-hydrogen) atoms. The topological polar surface area (TPSA) is 23.5 Å². The Morgan fingerprint density at radius 1 is 1.17 bits per heavy atom. The van der Waals surface area contributed by atoms with E-state index in [1.807, 2.05) is 0 Å². The summed E-state index contributed by atoms with van der Waals surface area (Å²) in [5.74, 6) is 0.581. The normalized spacial score (nSPS) is 44.0. The van der Waals surface area contributed by atoms with Crippen LogP contribution in [0.25, 0.3) is 0 Å². The van der Waals surface area contributed by atoms with Gasteiger partial charge in [-0.3, -0.25) is 0 Å². The SMILES string of the molecule is CN1CCC(O)C2CCCCC21. The molecule has 2 aliphatic rings. The molecule has 0 aromatic carbocycles. The largest absolute Gasteiger partial charge is 0.393 e. The van der Waals surface area contributed by atoms with Crippen molar-refractivity contribution in [3.8, 4) is 0 Å². The second-order valence-electron chi connectivity index (χ2n) is 4.35. The van der Waals surface area contributed by atoms with Crippen molar-refractivity contribution >= 4 is 0 Å². The maximum Gasteiger partial charge on any atom is 0.0595 e. The van der Waals surface area contributed by atoms with Crippen molar-refractivity contribution in [3.63, 3.8) is 0 Å². The van der Waals surface area contributed by atoms with Crippen LogP contribution in [-0.4, -0.2) is 35.7 Å². The zero-order chi connectivity index (χ0) is 8.55. The maximum absolute atomic E-state index is 9.80. The van der Waals surface area contributed by atoms with Gasteiger partial charge in [0.25, 0.3) is 0 Å². The van der Waals surface area contributed by atoms with Crippen LogP contribution in [0, 0.1) is 5.92 Å². The first-order valence-corrected chi connectivity index (χ1v) is 5.17. The summed E-state index contributed by atoms with van der Waals surface area (Å²) in [7, 11) is 2.20. The fourth-order valence-electron chi connectivity index (χ4n) is 2.85. The summed E-state index contributed by atoms with van der Waals surface area (Å²) < 4.78 is 0. The molecule has 3 unspecified atom stereocenters. The van der Waals surface area contributed by atoms with Crippen molar-refractivity contribution in [2.45, 2.75) is 44.2 Å². The number of likely N-dealkylation sites (tertiary alicyclic amines) is 1. The van der Waals surface area contributed by atoms with Crippen molar-refractivity contribution in [2.75, 3.05) is 13.6 Å². The third-order valence-electron chi connectivity index (χ3n) is 3.62. The van der Waals surface area contributed by atoms with Crippen molar-refractivity contribution < 1.29 is 5.11 Å². The van der Waals surface area contributed by atoms with Gasteiger partial charge in [-0.1, -0.05) is 12.8 Å². The standard InChI is InChI=1S/C10H19NO/c1-11-7-6-10(12)8-4-2-3-5-9(8)11/h8-10,12H,2-7H2,1H3. The van der Waals surface area contributed by atoms with Gasteiger partial charge in [-0.2, -0.15) is 0 Å². The molecule has 0 bridgehead atoms. The third-order valence-corrected chi connectivity index (χ3v) is 3.62. The number of hydrogen-bond donors (Lipinski definition) is 1. The lowest BCUT2D eigenvalue weighted by Gasteiger charge is -2.44. The summed E-state index contributed by atoms with van der Waals surface area (Å²) in [6, 6.07) is 0.683. The van der Waals surface area contributed by atoms with Crippen LogP contribution >= 0.6 is 0 Å². The highest BCUT2D eigenvalue weighted by molar-refractivity contribution is 4.90. The quantitative estimate of drug-likeness (QED) is 0.590. The molecular weight excluding hydrogens is 150 g/mol. The highest BCUT2D eigenvalue weighted by Gasteiger charge is 2.36. The van der Waals surface area contributed by atoms with Crippen molar-refractivity contribution in [2.24, 2.45) is 5.92 Å². The molecule has 2 heteroatoms. The Morgan fingerprint density at radius 3 is 2.67 bits per heavy atom. The lowest BCUT2D eigenvalue weighted by atomic mass is 9.77. The van der Waals surface area contributed by atoms with E-state index in [9.17, 15) is 5.11 Å². The fourth-order valence-corrected chi connectivity index (χ4v) is 2.85. The van der Waals surface area contributed by atoms with E-state index in [4.69, 9.17) is 0 Å². The molecule has 0 aromatic heterocycles. The maximum atomic E-state index is 9.80. The zero-order valence-corrected chi connectivity index (χ0v) is 7.87. The molecule has 2 rings (SSSR count). The fraction of sp³-hybridized carbons (Fsp3) is 1.00. The first-order valence-electron chi connectivity index (χ1n) is 5.17. The Morgan fingerprint density at radius 2 is 1.92 bits per heavy atom. The second kappa shape index (κ2) is 3.35. The van der Waals surface area contributed by atoms with Crippen LogP contribution in [0.3, 0.4) is 0 Å². The van der Waals surface area contributed by atoms with E-state index in [1.54, 1.807) is 0 Å². The third kappa shape index (κ3) is 1.38. The lowest BCUT2D eigenvalue weighted by molar-refractivity contribution is -0.0250. The summed E-state index contributed by atoms with van der Waals surface area (Å²) in [5, 5.41) is 9.80. The Labute approximate surface area is 74.6 Å². The minimum absolute atomic E-state index is 0.00787. The number of fused-ring (bicyclic) bond motifs is 1. The number of rotatable bonds is 0. The van der Waals surface area contributed by atoms with E-state index >= 15 is 0 Å². The smallest absolute Gasteiger partial charge is 0.0595 e. The minimum atomic E-state index is -0.00787. The molecule has 3 atom stereocenters. The Kier molecular flexibility index (Phi) is 2.37. The Hall–Kier alpha value is -0.0800. The average Bonchev–Trinajstić information content (AvgIpc) is 2.12. The van der Waals surface area contributed by atoms with Gasteiger partial charge >= 0.3 is 0 Å². The molecule has 2 nitrogen and oxygen atoms in total. The number of nitrogens with zero attached hydrogens (tertiary/aromatic N) is 1. The lowest BCUT2D eigenvalue weighted by Crippen LogP contribution is -2.50. The molecule has 0 amide bonds. The van der Waals surface area contributed by atoms with E-state index < -0.39 is 0 Å². The predicted octanol–water partition coefficient (Wildman–Crippen LogP) is 1.24. The predicted molar refractivity (Wildman–Crippen MR) is 49.0 cm³/mol. The van der Waals surface area contributed by atoms with Crippen LogP contribution in [-0.2, 0) is 0 Å². The molecule has 1 saturated carbocycles. The average molecular weight is 169 g/mol. The summed E-state index contributed by atoms with van der Waals surface area (Å²) in [6.45, 7) is 1.09. The Balaban J connectivity index is 2.05. The van der Waals surface area contributed by atoms with Crippen molar-refractivity contribution in [1.29, 1.82) is 0 Å². The van der Waals surface area contributed by atoms with Crippen LogP contribution < -0.4 is 0 Å².